The monoisotopic (exact) mass is 268 g/mol. The standard InChI is InChI=1S/C17H36N2/c1-5-8-9-16(6-2)14-19-12-10-17(11-13-19)15(4)18-7-3/h15-18H,5-14H2,1-4H3. The first-order chi connectivity index (χ1) is 9.21. The second-order valence-electron chi connectivity index (χ2n) is 6.40. The van der Waals surface area contributed by atoms with Gasteiger partial charge >= 0.3 is 0 Å². The zero-order valence-electron chi connectivity index (χ0n) is 13.8. The summed E-state index contributed by atoms with van der Waals surface area (Å²) in [6.07, 6.45) is 8.32. The molecule has 0 radical (unpaired) electrons. The van der Waals surface area contributed by atoms with Crippen LogP contribution >= 0.6 is 0 Å². The third-order valence-electron chi connectivity index (χ3n) is 4.93. The first-order valence-electron chi connectivity index (χ1n) is 8.66. The molecule has 1 aliphatic heterocycles. The lowest BCUT2D eigenvalue weighted by atomic mass is 9.89. The Labute approximate surface area is 121 Å². The van der Waals surface area contributed by atoms with Crippen LogP contribution in [0, 0.1) is 11.8 Å². The summed E-state index contributed by atoms with van der Waals surface area (Å²) in [5.74, 6) is 1.83. The number of unbranched alkanes of at least 4 members (excludes halogenated alkanes) is 1. The van der Waals surface area contributed by atoms with Gasteiger partial charge in [0.1, 0.15) is 0 Å². The van der Waals surface area contributed by atoms with E-state index in [9.17, 15) is 0 Å². The number of nitrogens with one attached hydrogen (secondary N) is 1. The van der Waals surface area contributed by atoms with E-state index in [1.165, 1.54) is 58.2 Å². The molecule has 19 heavy (non-hydrogen) atoms. The Kier molecular flexibility index (Phi) is 8.72. The van der Waals surface area contributed by atoms with Gasteiger partial charge in [0.05, 0.1) is 0 Å². The van der Waals surface area contributed by atoms with E-state index in [0.717, 1.165) is 18.4 Å². The molecule has 0 amide bonds. The molecule has 0 aromatic rings. The first-order valence-corrected chi connectivity index (χ1v) is 8.66. The van der Waals surface area contributed by atoms with Crippen LogP contribution in [0.4, 0.5) is 0 Å². The molecule has 1 N–H and O–H groups in total. The minimum absolute atomic E-state index is 0.703. The summed E-state index contributed by atoms with van der Waals surface area (Å²) >= 11 is 0. The average molecular weight is 268 g/mol. The van der Waals surface area contributed by atoms with Gasteiger partial charge in [-0.25, -0.2) is 0 Å². The highest BCUT2D eigenvalue weighted by atomic mass is 15.1. The summed E-state index contributed by atoms with van der Waals surface area (Å²) in [6.45, 7) is 14.3. The summed E-state index contributed by atoms with van der Waals surface area (Å²) in [5, 5.41) is 3.59. The minimum Gasteiger partial charge on any atom is -0.314 e. The zero-order chi connectivity index (χ0) is 14.1. The molecule has 0 bridgehead atoms. The fraction of sp³-hybridized carbons (Fsp3) is 1.00. The van der Waals surface area contributed by atoms with Crippen LogP contribution < -0.4 is 5.32 Å². The highest BCUT2D eigenvalue weighted by Crippen LogP contribution is 2.23. The smallest absolute Gasteiger partial charge is 0.00678 e. The summed E-state index contributed by atoms with van der Waals surface area (Å²) in [5.41, 5.74) is 0. The van der Waals surface area contributed by atoms with E-state index < -0.39 is 0 Å². The molecule has 1 saturated heterocycles. The summed E-state index contributed by atoms with van der Waals surface area (Å²) in [4.78, 5) is 2.72. The van der Waals surface area contributed by atoms with Gasteiger partial charge in [-0.05, 0) is 57.7 Å². The van der Waals surface area contributed by atoms with Crippen molar-refractivity contribution >= 4 is 0 Å². The quantitative estimate of drug-likeness (QED) is 0.682. The van der Waals surface area contributed by atoms with Gasteiger partial charge in [0, 0.05) is 12.6 Å². The Bertz CT molecular complexity index is 209. The Morgan fingerprint density at radius 2 is 1.84 bits per heavy atom. The van der Waals surface area contributed by atoms with Gasteiger partial charge in [-0.3, -0.25) is 0 Å². The van der Waals surface area contributed by atoms with Gasteiger partial charge < -0.3 is 10.2 Å². The van der Waals surface area contributed by atoms with Crippen LogP contribution in [0.1, 0.15) is 66.2 Å². The summed E-state index contributed by atoms with van der Waals surface area (Å²) in [6, 6.07) is 0.703. The SMILES string of the molecule is CCCCC(CC)CN1CCC(C(C)NCC)CC1. The van der Waals surface area contributed by atoms with E-state index in [1.54, 1.807) is 0 Å². The van der Waals surface area contributed by atoms with Crippen molar-refractivity contribution < 1.29 is 0 Å². The molecule has 1 fully saturated rings. The predicted octanol–water partition coefficient (Wildman–Crippen LogP) is 3.91. The molecule has 2 heteroatoms. The van der Waals surface area contributed by atoms with Crippen molar-refractivity contribution in [1.29, 1.82) is 0 Å². The zero-order valence-corrected chi connectivity index (χ0v) is 13.8. The summed E-state index contributed by atoms with van der Waals surface area (Å²) < 4.78 is 0. The molecular weight excluding hydrogens is 232 g/mol. The Hall–Kier alpha value is -0.0800. The highest BCUT2D eigenvalue weighted by molar-refractivity contribution is 4.80. The lowest BCUT2D eigenvalue weighted by molar-refractivity contribution is 0.139. The van der Waals surface area contributed by atoms with Gasteiger partial charge in [-0.1, -0.05) is 40.0 Å². The molecule has 1 rings (SSSR count). The molecule has 0 aromatic carbocycles. The second kappa shape index (κ2) is 9.77. The van der Waals surface area contributed by atoms with Crippen LogP contribution in [0.25, 0.3) is 0 Å². The molecule has 0 spiro atoms. The van der Waals surface area contributed by atoms with Crippen LogP contribution in [-0.4, -0.2) is 37.1 Å². The number of likely N-dealkylation sites (tertiary alicyclic amines) is 1. The molecule has 1 aliphatic rings. The van der Waals surface area contributed by atoms with Gasteiger partial charge in [0.15, 0.2) is 0 Å². The molecule has 0 aliphatic carbocycles. The van der Waals surface area contributed by atoms with Gasteiger partial charge in [0.2, 0.25) is 0 Å². The second-order valence-corrected chi connectivity index (χ2v) is 6.40. The van der Waals surface area contributed by atoms with Crippen molar-refractivity contribution in [3.05, 3.63) is 0 Å². The lowest BCUT2D eigenvalue weighted by Gasteiger charge is -2.36. The van der Waals surface area contributed by atoms with Crippen LogP contribution in [0.3, 0.4) is 0 Å². The number of nitrogens with zero attached hydrogens (tertiary/aromatic N) is 1. The van der Waals surface area contributed by atoms with E-state index in [-0.39, 0.29) is 0 Å². The average Bonchev–Trinajstić information content (AvgIpc) is 2.44. The third-order valence-corrected chi connectivity index (χ3v) is 4.93. The van der Waals surface area contributed by atoms with Gasteiger partial charge in [0.25, 0.3) is 0 Å². The number of rotatable bonds is 9. The third kappa shape index (κ3) is 6.27. The van der Waals surface area contributed by atoms with E-state index in [4.69, 9.17) is 0 Å². The van der Waals surface area contributed by atoms with Gasteiger partial charge in [-0.15, -0.1) is 0 Å². The molecule has 114 valence electrons. The fourth-order valence-corrected chi connectivity index (χ4v) is 3.41. The highest BCUT2D eigenvalue weighted by Gasteiger charge is 2.24. The maximum Gasteiger partial charge on any atom is 0.00678 e. The molecule has 1 heterocycles. The lowest BCUT2D eigenvalue weighted by Crippen LogP contribution is -2.43. The van der Waals surface area contributed by atoms with Crippen molar-refractivity contribution in [3.8, 4) is 0 Å². The van der Waals surface area contributed by atoms with E-state index in [0.29, 0.717) is 6.04 Å². The molecule has 2 unspecified atom stereocenters. The van der Waals surface area contributed by atoms with Gasteiger partial charge in [-0.2, -0.15) is 0 Å². The van der Waals surface area contributed by atoms with E-state index >= 15 is 0 Å². The fourth-order valence-electron chi connectivity index (χ4n) is 3.41. The van der Waals surface area contributed by atoms with Crippen molar-refractivity contribution in [3.63, 3.8) is 0 Å². The Morgan fingerprint density at radius 1 is 1.16 bits per heavy atom. The first kappa shape index (κ1) is 17.0. The maximum absolute atomic E-state index is 3.59. The minimum atomic E-state index is 0.703. The Balaban J connectivity index is 2.25. The topological polar surface area (TPSA) is 15.3 Å². The van der Waals surface area contributed by atoms with Crippen LogP contribution in [-0.2, 0) is 0 Å². The number of hydrogen-bond donors (Lipinski definition) is 1. The van der Waals surface area contributed by atoms with Crippen molar-refractivity contribution in [1.82, 2.24) is 10.2 Å². The van der Waals surface area contributed by atoms with Crippen LogP contribution in [0.5, 0.6) is 0 Å². The molecular formula is C17H36N2. The predicted molar refractivity (Wildman–Crippen MR) is 85.6 cm³/mol. The number of hydrogen-bond acceptors (Lipinski definition) is 2. The van der Waals surface area contributed by atoms with Crippen LogP contribution in [0.15, 0.2) is 0 Å². The van der Waals surface area contributed by atoms with Crippen molar-refractivity contribution in [2.75, 3.05) is 26.2 Å². The molecule has 0 saturated carbocycles. The largest absolute Gasteiger partial charge is 0.314 e. The van der Waals surface area contributed by atoms with Crippen LogP contribution in [0.2, 0.25) is 0 Å². The van der Waals surface area contributed by atoms with Crippen molar-refractivity contribution in [2.24, 2.45) is 11.8 Å². The summed E-state index contributed by atoms with van der Waals surface area (Å²) in [7, 11) is 0. The maximum atomic E-state index is 3.59. The van der Waals surface area contributed by atoms with Crippen molar-refractivity contribution in [2.45, 2.75) is 72.3 Å². The molecule has 0 aromatic heterocycles. The normalized spacial score (nSPS) is 21.5. The van der Waals surface area contributed by atoms with E-state index in [2.05, 4.69) is 37.9 Å². The molecule has 2 nitrogen and oxygen atoms in total. The Morgan fingerprint density at radius 3 is 2.37 bits per heavy atom. The molecule has 2 atom stereocenters. The number of piperidine rings is 1. The van der Waals surface area contributed by atoms with E-state index in [1.807, 2.05) is 0 Å².